The molecule has 0 radical (unpaired) electrons. The second-order valence-electron chi connectivity index (χ2n) is 10.1. The van der Waals surface area contributed by atoms with E-state index in [4.69, 9.17) is 4.74 Å². The van der Waals surface area contributed by atoms with Gasteiger partial charge in [0, 0.05) is 12.6 Å². The first-order valence-corrected chi connectivity index (χ1v) is 15.2. The predicted molar refractivity (Wildman–Crippen MR) is 151 cm³/mol. The number of nitrogens with zero attached hydrogens (tertiary/aromatic N) is 2. The molecule has 38 heavy (non-hydrogen) atoms. The minimum absolute atomic E-state index is 0.103. The van der Waals surface area contributed by atoms with Gasteiger partial charge >= 0.3 is 0 Å². The van der Waals surface area contributed by atoms with Gasteiger partial charge in [-0.15, -0.1) is 0 Å². The number of amides is 2. The fraction of sp³-hybridized carbons (Fsp3) is 0.517. The molecule has 0 heterocycles. The van der Waals surface area contributed by atoms with Gasteiger partial charge in [-0.1, -0.05) is 50.5 Å². The summed E-state index contributed by atoms with van der Waals surface area (Å²) in [5.74, 6) is 0.0589. The molecule has 1 atom stereocenters. The number of aryl methyl sites for hydroxylation is 1. The maximum absolute atomic E-state index is 13.9. The SMILES string of the molecule is CC[C@H](C(=O)NC1CCCCC1)N(Cc1ccc(OC)cc1)C(=O)CN(c1cccc(C)c1C)S(C)(=O)=O. The highest BCUT2D eigenvalue weighted by atomic mass is 32.2. The number of hydrogen-bond acceptors (Lipinski definition) is 5. The van der Waals surface area contributed by atoms with Gasteiger partial charge in [-0.05, 0) is 68.0 Å². The summed E-state index contributed by atoms with van der Waals surface area (Å²) in [7, 11) is -2.19. The molecule has 1 saturated carbocycles. The summed E-state index contributed by atoms with van der Waals surface area (Å²) in [6.07, 6.45) is 6.70. The van der Waals surface area contributed by atoms with Gasteiger partial charge in [0.2, 0.25) is 21.8 Å². The van der Waals surface area contributed by atoms with Gasteiger partial charge in [0.05, 0.1) is 19.1 Å². The summed E-state index contributed by atoms with van der Waals surface area (Å²) in [6.45, 7) is 5.39. The van der Waals surface area contributed by atoms with Crippen molar-refractivity contribution >= 4 is 27.5 Å². The number of hydrogen-bond donors (Lipinski definition) is 1. The fourth-order valence-corrected chi connectivity index (χ4v) is 5.89. The van der Waals surface area contributed by atoms with Crippen molar-refractivity contribution in [3.05, 3.63) is 59.2 Å². The van der Waals surface area contributed by atoms with Gasteiger partial charge in [-0.3, -0.25) is 13.9 Å². The van der Waals surface area contributed by atoms with E-state index in [1.165, 1.54) is 11.3 Å². The highest BCUT2D eigenvalue weighted by molar-refractivity contribution is 7.92. The maximum Gasteiger partial charge on any atom is 0.244 e. The molecule has 0 saturated heterocycles. The molecule has 9 heteroatoms. The lowest BCUT2D eigenvalue weighted by molar-refractivity contribution is -0.140. The molecule has 0 bridgehead atoms. The van der Waals surface area contributed by atoms with Gasteiger partial charge in [-0.2, -0.15) is 0 Å². The first-order chi connectivity index (χ1) is 18.0. The molecule has 0 aliphatic heterocycles. The van der Waals surface area contributed by atoms with Crippen LogP contribution >= 0.6 is 0 Å². The van der Waals surface area contributed by atoms with E-state index >= 15 is 0 Å². The number of benzene rings is 2. The van der Waals surface area contributed by atoms with Crippen LogP contribution in [0.5, 0.6) is 5.75 Å². The van der Waals surface area contributed by atoms with Crippen molar-refractivity contribution in [2.45, 2.75) is 77.9 Å². The Hall–Kier alpha value is -3.07. The molecule has 3 rings (SSSR count). The molecule has 1 N–H and O–H groups in total. The van der Waals surface area contributed by atoms with Gasteiger partial charge in [-0.25, -0.2) is 8.42 Å². The van der Waals surface area contributed by atoms with Crippen LogP contribution < -0.4 is 14.4 Å². The van der Waals surface area contributed by atoms with Crippen LogP contribution in [-0.4, -0.2) is 57.1 Å². The van der Waals surface area contributed by atoms with Crippen molar-refractivity contribution < 1.29 is 22.7 Å². The number of sulfonamides is 1. The molecule has 2 aromatic rings. The summed E-state index contributed by atoms with van der Waals surface area (Å²) in [6, 6.07) is 12.1. The molecular weight excluding hydrogens is 502 g/mol. The Morgan fingerprint density at radius 2 is 1.71 bits per heavy atom. The Balaban J connectivity index is 1.94. The van der Waals surface area contributed by atoms with Crippen LogP contribution in [0.1, 0.15) is 62.1 Å². The normalized spacial score (nSPS) is 15.0. The van der Waals surface area contributed by atoms with Crippen molar-refractivity contribution in [3.63, 3.8) is 0 Å². The number of ether oxygens (including phenoxy) is 1. The standard InChI is InChI=1S/C29H41N3O5S/c1-6-26(29(34)30-24-12-8-7-9-13-24)31(19-23-15-17-25(37-4)18-16-23)28(33)20-32(38(5,35)36)27-14-10-11-21(2)22(27)3/h10-11,14-18,24,26H,6-9,12-13,19-20H2,1-5H3,(H,30,34)/t26-/m1/s1. The second kappa shape index (κ2) is 13.1. The number of rotatable bonds is 11. The minimum atomic E-state index is -3.77. The topological polar surface area (TPSA) is 96.0 Å². The Morgan fingerprint density at radius 3 is 2.29 bits per heavy atom. The minimum Gasteiger partial charge on any atom is -0.497 e. The number of methoxy groups -OCH3 is 1. The molecule has 2 amide bonds. The summed E-state index contributed by atoms with van der Waals surface area (Å²) in [5.41, 5.74) is 3.00. The highest BCUT2D eigenvalue weighted by Crippen LogP contribution is 2.26. The lowest BCUT2D eigenvalue weighted by Gasteiger charge is -2.34. The molecule has 1 fully saturated rings. The summed E-state index contributed by atoms with van der Waals surface area (Å²) in [4.78, 5) is 28.9. The third-order valence-electron chi connectivity index (χ3n) is 7.37. The first-order valence-electron chi connectivity index (χ1n) is 13.3. The van der Waals surface area contributed by atoms with Crippen molar-refractivity contribution in [2.24, 2.45) is 0 Å². The van der Waals surface area contributed by atoms with E-state index in [9.17, 15) is 18.0 Å². The zero-order chi connectivity index (χ0) is 27.9. The first kappa shape index (κ1) is 29.5. The lowest BCUT2D eigenvalue weighted by atomic mass is 9.95. The molecule has 0 unspecified atom stereocenters. The molecular formula is C29H41N3O5S. The molecule has 0 spiro atoms. The average Bonchev–Trinajstić information content (AvgIpc) is 2.89. The van der Waals surface area contributed by atoms with E-state index in [1.54, 1.807) is 31.4 Å². The Bertz CT molecular complexity index is 1210. The molecule has 1 aliphatic rings. The zero-order valence-electron chi connectivity index (χ0n) is 23.2. The van der Waals surface area contributed by atoms with Crippen LogP contribution in [0.25, 0.3) is 0 Å². The highest BCUT2D eigenvalue weighted by Gasteiger charge is 2.33. The maximum atomic E-state index is 13.9. The van der Waals surface area contributed by atoms with Crippen LogP contribution in [0.15, 0.2) is 42.5 Å². The van der Waals surface area contributed by atoms with E-state index < -0.39 is 28.5 Å². The Kier molecular flexibility index (Phi) is 10.2. The Morgan fingerprint density at radius 1 is 1.05 bits per heavy atom. The van der Waals surface area contributed by atoms with Gasteiger partial charge < -0.3 is 15.0 Å². The summed E-state index contributed by atoms with van der Waals surface area (Å²) >= 11 is 0. The van der Waals surface area contributed by atoms with Crippen molar-refractivity contribution in [1.82, 2.24) is 10.2 Å². The lowest BCUT2D eigenvalue weighted by Crippen LogP contribution is -2.54. The molecule has 8 nitrogen and oxygen atoms in total. The van der Waals surface area contributed by atoms with Crippen molar-refractivity contribution in [2.75, 3.05) is 24.2 Å². The largest absolute Gasteiger partial charge is 0.497 e. The van der Waals surface area contributed by atoms with E-state index in [0.29, 0.717) is 17.9 Å². The quantitative estimate of drug-likeness (QED) is 0.455. The van der Waals surface area contributed by atoms with E-state index in [0.717, 1.165) is 52.9 Å². The van der Waals surface area contributed by atoms with Crippen LogP contribution in [0, 0.1) is 13.8 Å². The van der Waals surface area contributed by atoms with E-state index in [-0.39, 0.29) is 18.5 Å². The van der Waals surface area contributed by atoms with Crippen LogP contribution in [0.4, 0.5) is 5.69 Å². The van der Waals surface area contributed by atoms with Crippen molar-refractivity contribution in [3.8, 4) is 5.75 Å². The smallest absolute Gasteiger partial charge is 0.244 e. The van der Waals surface area contributed by atoms with Crippen LogP contribution in [0.2, 0.25) is 0 Å². The van der Waals surface area contributed by atoms with Gasteiger partial charge in [0.25, 0.3) is 0 Å². The molecule has 0 aromatic heterocycles. The Labute approximate surface area is 227 Å². The molecule has 1 aliphatic carbocycles. The van der Waals surface area contributed by atoms with Gasteiger partial charge in [0.1, 0.15) is 18.3 Å². The van der Waals surface area contributed by atoms with Crippen LogP contribution in [0.3, 0.4) is 0 Å². The second-order valence-corrected chi connectivity index (χ2v) is 12.0. The predicted octanol–water partition coefficient (Wildman–Crippen LogP) is 4.33. The number of carbonyl (C=O) groups is 2. The third-order valence-corrected chi connectivity index (χ3v) is 8.50. The third kappa shape index (κ3) is 7.49. The zero-order valence-corrected chi connectivity index (χ0v) is 24.0. The fourth-order valence-electron chi connectivity index (χ4n) is 4.99. The summed E-state index contributed by atoms with van der Waals surface area (Å²) < 4.78 is 32.2. The number of nitrogens with one attached hydrogen (secondary N) is 1. The average molecular weight is 544 g/mol. The van der Waals surface area contributed by atoms with Gasteiger partial charge in [0.15, 0.2) is 0 Å². The van der Waals surface area contributed by atoms with Crippen LogP contribution in [-0.2, 0) is 26.2 Å². The van der Waals surface area contributed by atoms with Crippen molar-refractivity contribution in [1.29, 1.82) is 0 Å². The molecule has 208 valence electrons. The van der Waals surface area contributed by atoms with E-state index in [1.807, 2.05) is 39.0 Å². The molecule has 2 aromatic carbocycles. The van der Waals surface area contributed by atoms with E-state index in [2.05, 4.69) is 5.32 Å². The number of carbonyl (C=O) groups excluding carboxylic acids is 2. The monoisotopic (exact) mass is 543 g/mol. The summed E-state index contributed by atoms with van der Waals surface area (Å²) in [5, 5.41) is 3.16. The number of anilines is 1.